The van der Waals surface area contributed by atoms with Crippen LogP contribution in [0.2, 0.25) is 0 Å². The molecule has 0 atom stereocenters. The smallest absolute Gasteiger partial charge is 0.526 e. The minimum absolute atomic E-state index is 0.0830. The summed E-state index contributed by atoms with van der Waals surface area (Å²) in [4.78, 5) is 0. The molecule has 0 bridgehead atoms. The van der Waals surface area contributed by atoms with Crippen LogP contribution in [0.4, 0.5) is 0 Å². The molecule has 4 nitrogen and oxygen atoms in total. The van der Waals surface area contributed by atoms with E-state index in [2.05, 4.69) is 0 Å². The first-order chi connectivity index (χ1) is 10.2. The largest absolute Gasteiger partial charge is 0.576 e. The van der Waals surface area contributed by atoms with E-state index in [-0.39, 0.29) is 7.69 Å². The molecule has 0 unspecified atom stereocenters. The van der Waals surface area contributed by atoms with E-state index in [4.69, 9.17) is 18.8 Å². The third-order valence-electron chi connectivity index (χ3n) is 3.19. The molecule has 0 N–H and O–H groups in total. The van der Waals surface area contributed by atoms with Gasteiger partial charge in [-0.25, -0.2) is 0 Å². The molecule has 0 heterocycles. The fourth-order valence-corrected chi connectivity index (χ4v) is 2.16. The topological polar surface area (TPSA) is 36.9 Å². The van der Waals surface area contributed by atoms with Gasteiger partial charge in [0.25, 0.3) is 0 Å². The van der Waals surface area contributed by atoms with Gasteiger partial charge in [-0.3, -0.25) is 0 Å². The van der Waals surface area contributed by atoms with Crippen LogP contribution in [-0.2, 0) is 0 Å². The Morgan fingerprint density at radius 3 is 1.52 bits per heavy atom. The monoisotopic (exact) mass is 286 g/mol. The highest BCUT2D eigenvalue weighted by Crippen LogP contribution is 2.32. The molecule has 0 aliphatic carbocycles. The maximum atomic E-state index is 5.65. The molecule has 0 aliphatic heterocycles. The molecule has 0 radical (unpaired) electrons. The lowest BCUT2D eigenvalue weighted by Crippen LogP contribution is -2.12. The zero-order valence-corrected chi connectivity index (χ0v) is 12.8. The molecule has 0 amide bonds. The molecular weight excluding hydrogens is 267 g/mol. The van der Waals surface area contributed by atoms with Crippen LogP contribution in [0.15, 0.2) is 36.4 Å². The van der Waals surface area contributed by atoms with Crippen LogP contribution in [0.25, 0.3) is 0 Å². The summed E-state index contributed by atoms with van der Waals surface area (Å²) in [6.07, 6.45) is 0. The van der Waals surface area contributed by atoms with E-state index in [0.29, 0.717) is 11.5 Å². The summed E-state index contributed by atoms with van der Waals surface area (Å²) in [5.74, 6) is 2.75. The van der Waals surface area contributed by atoms with Crippen molar-refractivity contribution in [2.45, 2.75) is 13.8 Å². The second-order valence-corrected chi connectivity index (χ2v) is 4.62. The van der Waals surface area contributed by atoms with Crippen molar-refractivity contribution in [2.24, 2.45) is 0 Å². The third kappa shape index (κ3) is 3.43. The summed E-state index contributed by atoms with van der Waals surface area (Å²) >= 11 is 0. The van der Waals surface area contributed by atoms with Crippen LogP contribution >= 0.6 is 0 Å². The fraction of sp³-hybridized carbons (Fsp3) is 0.250. The zero-order valence-electron chi connectivity index (χ0n) is 12.8. The van der Waals surface area contributed by atoms with Gasteiger partial charge in [0.1, 0.15) is 11.5 Å². The van der Waals surface area contributed by atoms with Crippen molar-refractivity contribution in [2.75, 3.05) is 14.2 Å². The predicted molar refractivity (Wildman–Crippen MR) is 83.9 cm³/mol. The number of methoxy groups -OCH3 is 2. The van der Waals surface area contributed by atoms with Gasteiger partial charge in [-0.15, -0.1) is 0 Å². The van der Waals surface area contributed by atoms with Crippen LogP contribution in [0.5, 0.6) is 23.0 Å². The minimum Gasteiger partial charge on any atom is -0.526 e. The van der Waals surface area contributed by atoms with Gasteiger partial charge in [0.05, 0.1) is 14.2 Å². The van der Waals surface area contributed by atoms with Crippen LogP contribution in [0, 0.1) is 13.8 Å². The Kier molecular flexibility index (Phi) is 4.98. The first kappa shape index (κ1) is 15.1. The predicted octanol–water partition coefficient (Wildman–Crippen LogP) is 3.04. The molecule has 2 aromatic carbocycles. The van der Waals surface area contributed by atoms with E-state index >= 15 is 0 Å². The Balaban J connectivity index is 2.06. The standard InChI is InChI=1S/C16H19BO4/c1-11-7-5-9-13(15(11)18-3)20-17-21-14-10-6-8-12(2)16(14)19-4/h5-10,17H,1-4H3. The molecule has 0 saturated carbocycles. The van der Waals surface area contributed by atoms with Crippen molar-refractivity contribution in [1.29, 1.82) is 0 Å². The molecule has 110 valence electrons. The quantitative estimate of drug-likeness (QED) is 0.765. The lowest BCUT2D eigenvalue weighted by molar-refractivity contribution is 0.367. The van der Waals surface area contributed by atoms with E-state index < -0.39 is 0 Å². The SMILES string of the molecule is COc1c(C)cccc1OBOc1cccc(C)c1OC. The number of aryl methyl sites for hydroxylation is 2. The molecule has 0 aliphatic rings. The molecule has 0 fully saturated rings. The minimum atomic E-state index is 0.0830. The van der Waals surface area contributed by atoms with Gasteiger partial charge < -0.3 is 18.8 Å². The highest BCUT2D eigenvalue weighted by molar-refractivity contribution is 6.21. The number of rotatable bonds is 6. The van der Waals surface area contributed by atoms with E-state index in [0.717, 1.165) is 22.6 Å². The van der Waals surface area contributed by atoms with Crippen molar-refractivity contribution >= 4 is 7.69 Å². The van der Waals surface area contributed by atoms with E-state index in [1.165, 1.54) is 0 Å². The maximum Gasteiger partial charge on any atom is 0.576 e. The van der Waals surface area contributed by atoms with Gasteiger partial charge in [-0.2, -0.15) is 0 Å². The van der Waals surface area contributed by atoms with Gasteiger partial charge in [0.15, 0.2) is 11.5 Å². The Morgan fingerprint density at radius 1 is 0.714 bits per heavy atom. The molecule has 0 spiro atoms. The first-order valence-electron chi connectivity index (χ1n) is 6.70. The third-order valence-corrected chi connectivity index (χ3v) is 3.19. The summed E-state index contributed by atoms with van der Waals surface area (Å²) in [7, 11) is 3.33. The van der Waals surface area contributed by atoms with E-state index in [1.807, 2.05) is 50.2 Å². The van der Waals surface area contributed by atoms with Crippen molar-refractivity contribution in [3.05, 3.63) is 47.5 Å². The number of ether oxygens (including phenoxy) is 2. The lowest BCUT2D eigenvalue weighted by Gasteiger charge is -2.14. The van der Waals surface area contributed by atoms with Crippen molar-refractivity contribution in [1.82, 2.24) is 0 Å². The van der Waals surface area contributed by atoms with Gasteiger partial charge in [-0.05, 0) is 37.1 Å². The van der Waals surface area contributed by atoms with Gasteiger partial charge >= 0.3 is 7.69 Å². The Hall–Kier alpha value is -2.30. The maximum absolute atomic E-state index is 5.65. The molecule has 0 saturated heterocycles. The van der Waals surface area contributed by atoms with Crippen molar-refractivity contribution in [3.63, 3.8) is 0 Å². The summed E-state index contributed by atoms with van der Waals surface area (Å²) in [6.45, 7) is 3.94. The number of hydrogen-bond donors (Lipinski definition) is 0. The normalized spacial score (nSPS) is 9.90. The molecule has 5 heteroatoms. The highest BCUT2D eigenvalue weighted by Gasteiger charge is 2.11. The first-order valence-corrected chi connectivity index (χ1v) is 6.70. The molecule has 2 rings (SSSR count). The Labute approximate surface area is 125 Å². The highest BCUT2D eigenvalue weighted by atomic mass is 16.6. The molecular formula is C16H19BO4. The van der Waals surface area contributed by atoms with E-state index in [1.54, 1.807) is 14.2 Å². The van der Waals surface area contributed by atoms with Crippen molar-refractivity contribution in [3.8, 4) is 23.0 Å². The lowest BCUT2D eigenvalue weighted by atomic mass is 10.2. The van der Waals surface area contributed by atoms with Crippen LogP contribution in [-0.4, -0.2) is 21.9 Å². The van der Waals surface area contributed by atoms with Crippen LogP contribution < -0.4 is 18.8 Å². The van der Waals surface area contributed by atoms with Crippen LogP contribution in [0.3, 0.4) is 0 Å². The average molecular weight is 286 g/mol. The van der Waals surface area contributed by atoms with E-state index in [9.17, 15) is 0 Å². The molecule has 0 aromatic heterocycles. The van der Waals surface area contributed by atoms with Gasteiger partial charge in [-0.1, -0.05) is 24.3 Å². The van der Waals surface area contributed by atoms with Gasteiger partial charge in [0.2, 0.25) is 0 Å². The second-order valence-electron chi connectivity index (χ2n) is 4.62. The van der Waals surface area contributed by atoms with Crippen LogP contribution in [0.1, 0.15) is 11.1 Å². The summed E-state index contributed by atoms with van der Waals surface area (Å²) in [5, 5.41) is 0. The van der Waals surface area contributed by atoms with Gasteiger partial charge in [0, 0.05) is 0 Å². The summed E-state index contributed by atoms with van der Waals surface area (Å²) in [5.41, 5.74) is 2.03. The number of benzene rings is 2. The summed E-state index contributed by atoms with van der Waals surface area (Å²) in [6, 6.07) is 11.5. The molecule has 21 heavy (non-hydrogen) atoms. The number of hydrogen-bond acceptors (Lipinski definition) is 4. The molecule has 2 aromatic rings. The zero-order chi connectivity index (χ0) is 15.2. The average Bonchev–Trinajstić information content (AvgIpc) is 2.47. The summed E-state index contributed by atoms with van der Waals surface area (Å²) < 4.78 is 22.0. The second kappa shape index (κ2) is 6.93. The number of para-hydroxylation sites is 2. The Morgan fingerprint density at radius 2 is 1.14 bits per heavy atom. The Bertz CT molecular complexity index is 560. The van der Waals surface area contributed by atoms with Crippen molar-refractivity contribution < 1.29 is 18.8 Å². The fourth-order valence-electron chi connectivity index (χ4n) is 2.16.